The zero-order valence-electron chi connectivity index (χ0n) is 19.5. The minimum absolute atomic E-state index is 0.0990. The third-order valence-electron chi connectivity index (χ3n) is 9.10. The molecule has 0 unspecified atom stereocenters. The summed E-state index contributed by atoms with van der Waals surface area (Å²) in [6, 6.07) is 10.5. The van der Waals surface area contributed by atoms with E-state index < -0.39 is 16.9 Å². The van der Waals surface area contributed by atoms with Gasteiger partial charge in [0.15, 0.2) is 0 Å². The Hall–Kier alpha value is -1.68. The number of hydrogen-bond donors (Lipinski definition) is 1. The van der Waals surface area contributed by atoms with Gasteiger partial charge in [-0.15, -0.1) is 0 Å². The Kier molecular flexibility index (Phi) is 5.83. The highest BCUT2D eigenvalue weighted by molar-refractivity contribution is 5.90. The zero-order valence-corrected chi connectivity index (χ0v) is 19.5. The molecule has 3 fully saturated rings. The summed E-state index contributed by atoms with van der Waals surface area (Å²) in [6.45, 7) is 8.59. The van der Waals surface area contributed by atoms with Gasteiger partial charge in [-0.05, 0) is 55.9 Å². The van der Waals surface area contributed by atoms with Crippen LogP contribution < -0.4 is 0 Å². The second-order valence-electron chi connectivity index (χ2n) is 11.2. The number of rotatable bonds is 4. The molecule has 0 radical (unpaired) electrons. The van der Waals surface area contributed by atoms with Gasteiger partial charge in [-0.3, -0.25) is 9.59 Å². The number of ketones is 1. The van der Waals surface area contributed by atoms with E-state index in [9.17, 15) is 14.7 Å². The van der Waals surface area contributed by atoms with Crippen LogP contribution in [0.2, 0.25) is 0 Å². The molecule has 4 nitrogen and oxygen atoms in total. The molecule has 0 heterocycles. The fourth-order valence-electron chi connectivity index (χ4n) is 6.82. The first-order valence-corrected chi connectivity index (χ1v) is 12.1. The van der Waals surface area contributed by atoms with Gasteiger partial charge >= 0.3 is 5.97 Å². The van der Waals surface area contributed by atoms with Gasteiger partial charge in [0.1, 0.15) is 11.9 Å². The lowest BCUT2D eigenvalue weighted by Crippen LogP contribution is -2.57. The van der Waals surface area contributed by atoms with Gasteiger partial charge in [0.25, 0.3) is 0 Å². The van der Waals surface area contributed by atoms with Crippen molar-refractivity contribution in [1.29, 1.82) is 0 Å². The van der Waals surface area contributed by atoms with E-state index in [1.165, 1.54) is 5.56 Å². The Bertz CT molecular complexity index is 831. The van der Waals surface area contributed by atoms with E-state index in [-0.39, 0.29) is 29.2 Å². The first-order chi connectivity index (χ1) is 14.6. The van der Waals surface area contributed by atoms with Gasteiger partial charge in [0, 0.05) is 12.3 Å². The molecule has 1 aromatic rings. The minimum atomic E-state index is -1.26. The van der Waals surface area contributed by atoms with Crippen molar-refractivity contribution in [3.63, 3.8) is 0 Å². The Morgan fingerprint density at radius 1 is 1.13 bits per heavy atom. The lowest BCUT2D eigenvalue weighted by atomic mass is 9.60. The maximum absolute atomic E-state index is 13.5. The van der Waals surface area contributed by atoms with Crippen molar-refractivity contribution in [3.05, 3.63) is 35.9 Å². The second kappa shape index (κ2) is 8.03. The van der Waals surface area contributed by atoms with Crippen LogP contribution in [0.3, 0.4) is 0 Å². The lowest BCUT2D eigenvalue weighted by Gasteiger charge is -2.48. The first kappa shape index (κ1) is 22.5. The number of esters is 1. The molecule has 3 saturated carbocycles. The molecule has 6 atom stereocenters. The molecule has 0 aromatic heterocycles. The molecule has 31 heavy (non-hydrogen) atoms. The number of Topliss-reactive ketones (excluding diaryl/α,β-unsaturated/α-hetero) is 1. The highest BCUT2D eigenvalue weighted by Crippen LogP contribution is 2.56. The van der Waals surface area contributed by atoms with Crippen LogP contribution in [0.5, 0.6) is 0 Å². The molecule has 0 aliphatic heterocycles. The number of fused-ring (bicyclic) bond motifs is 1. The number of carbonyl (C=O) groups is 2. The van der Waals surface area contributed by atoms with Gasteiger partial charge < -0.3 is 9.84 Å². The van der Waals surface area contributed by atoms with Crippen LogP contribution in [0.15, 0.2) is 30.3 Å². The van der Waals surface area contributed by atoms with Crippen molar-refractivity contribution < 1.29 is 19.4 Å². The summed E-state index contributed by atoms with van der Waals surface area (Å²) in [5.41, 5.74) is -0.921. The molecular weight excluding hydrogens is 388 g/mol. The van der Waals surface area contributed by atoms with Crippen molar-refractivity contribution in [3.8, 4) is 0 Å². The number of ether oxygens (including phenoxy) is 1. The molecule has 0 spiro atoms. The van der Waals surface area contributed by atoms with E-state index >= 15 is 0 Å². The Labute approximate surface area is 186 Å². The average molecular weight is 427 g/mol. The third-order valence-corrected chi connectivity index (χ3v) is 9.10. The Morgan fingerprint density at radius 3 is 2.55 bits per heavy atom. The van der Waals surface area contributed by atoms with Gasteiger partial charge in [-0.25, -0.2) is 0 Å². The minimum Gasteiger partial charge on any atom is -0.462 e. The summed E-state index contributed by atoms with van der Waals surface area (Å²) in [5, 5.41) is 11.5. The zero-order chi connectivity index (χ0) is 22.4. The summed E-state index contributed by atoms with van der Waals surface area (Å²) in [7, 11) is 0. The molecular formula is C27H38O4. The highest BCUT2D eigenvalue weighted by Gasteiger charge is 2.63. The molecule has 1 aromatic carbocycles. The fraction of sp³-hybridized carbons (Fsp3) is 0.704. The van der Waals surface area contributed by atoms with Crippen LogP contribution in [0.1, 0.15) is 84.6 Å². The predicted molar refractivity (Wildman–Crippen MR) is 120 cm³/mol. The maximum Gasteiger partial charge on any atom is 0.312 e. The van der Waals surface area contributed by atoms with Gasteiger partial charge in [0.05, 0.1) is 16.9 Å². The normalized spacial score (nSPS) is 38.5. The summed E-state index contributed by atoms with van der Waals surface area (Å²) in [4.78, 5) is 26.1. The second-order valence-corrected chi connectivity index (χ2v) is 11.2. The number of carbonyl (C=O) groups excluding carboxylic acids is 2. The molecule has 4 rings (SSSR count). The summed E-state index contributed by atoms with van der Waals surface area (Å²) in [5.74, 6) is -0.0633. The van der Waals surface area contributed by atoms with Crippen molar-refractivity contribution >= 4 is 11.8 Å². The van der Waals surface area contributed by atoms with E-state index in [0.717, 1.165) is 25.7 Å². The Morgan fingerprint density at radius 2 is 1.84 bits per heavy atom. The topological polar surface area (TPSA) is 63.6 Å². The summed E-state index contributed by atoms with van der Waals surface area (Å²) < 4.78 is 6.27. The van der Waals surface area contributed by atoms with E-state index in [0.29, 0.717) is 31.6 Å². The molecule has 0 amide bonds. The fourth-order valence-corrected chi connectivity index (χ4v) is 6.82. The van der Waals surface area contributed by atoms with E-state index in [4.69, 9.17) is 4.74 Å². The van der Waals surface area contributed by atoms with E-state index in [2.05, 4.69) is 45.0 Å². The number of aliphatic hydroxyl groups is 1. The summed E-state index contributed by atoms with van der Waals surface area (Å²) >= 11 is 0. The first-order valence-electron chi connectivity index (χ1n) is 12.1. The Balaban J connectivity index is 1.57. The van der Waals surface area contributed by atoms with Gasteiger partial charge in [-0.2, -0.15) is 0 Å². The molecule has 3 aliphatic rings. The van der Waals surface area contributed by atoms with Crippen LogP contribution in [-0.4, -0.2) is 28.6 Å². The van der Waals surface area contributed by atoms with Crippen LogP contribution in [0, 0.1) is 23.2 Å². The predicted octanol–water partition coefficient (Wildman–Crippen LogP) is 5.21. The van der Waals surface area contributed by atoms with Crippen molar-refractivity contribution in [2.45, 2.75) is 96.2 Å². The monoisotopic (exact) mass is 426 g/mol. The van der Waals surface area contributed by atoms with Crippen LogP contribution in [0.4, 0.5) is 0 Å². The summed E-state index contributed by atoms with van der Waals surface area (Å²) in [6.07, 6.45) is 5.63. The molecule has 170 valence electrons. The van der Waals surface area contributed by atoms with E-state index in [1.54, 1.807) is 0 Å². The molecule has 0 saturated heterocycles. The SMILES string of the molecule is C[C@@H]1CC[C@@H](C(C)(C)c2ccccc2)[C@H](OC(=O)[C@H]2CCC[C@]3(C)C(=O)CC[C@]23O)C1. The van der Waals surface area contributed by atoms with Crippen molar-refractivity contribution in [2.75, 3.05) is 0 Å². The molecule has 4 heteroatoms. The number of hydrogen-bond acceptors (Lipinski definition) is 4. The van der Waals surface area contributed by atoms with Crippen molar-refractivity contribution in [2.24, 2.45) is 23.2 Å². The highest BCUT2D eigenvalue weighted by atomic mass is 16.5. The molecule has 1 N–H and O–H groups in total. The van der Waals surface area contributed by atoms with Crippen LogP contribution in [-0.2, 0) is 19.7 Å². The largest absolute Gasteiger partial charge is 0.462 e. The third kappa shape index (κ3) is 3.65. The average Bonchev–Trinajstić information content (AvgIpc) is 2.98. The smallest absolute Gasteiger partial charge is 0.312 e. The quantitative estimate of drug-likeness (QED) is 0.671. The van der Waals surface area contributed by atoms with Gasteiger partial charge in [-0.1, -0.05) is 63.9 Å². The van der Waals surface area contributed by atoms with Gasteiger partial charge in [0.2, 0.25) is 0 Å². The maximum atomic E-state index is 13.5. The van der Waals surface area contributed by atoms with Crippen LogP contribution >= 0.6 is 0 Å². The molecule has 3 aliphatic carbocycles. The standard InChI is InChI=1S/C27H38O4/c1-18-12-13-20(25(2,3)19-9-6-5-7-10-19)22(17-18)31-24(29)21-11-8-15-26(4)23(28)14-16-27(21,26)30/h5-7,9-10,18,20-22,30H,8,11-17H2,1-4H3/t18-,20-,21-,22-,26-,27+/m1/s1. The lowest BCUT2D eigenvalue weighted by molar-refractivity contribution is -0.187. The van der Waals surface area contributed by atoms with Crippen LogP contribution in [0.25, 0.3) is 0 Å². The van der Waals surface area contributed by atoms with Crippen molar-refractivity contribution in [1.82, 2.24) is 0 Å². The molecule has 0 bridgehead atoms. The number of benzene rings is 1. The van der Waals surface area contributed by atoms with E-state index in [1.807, 2.05) is 13.0 Å².